The van der Waals surface area contributed by atoms with Crippen molar-refractivity contribution in [1.29, 1.82) is 0 Å². The second-order valence-corrected chi connectivity index (χ2v) is 3.58. The van der Waals surface area contributed by atoms with E-state index >= 15 is 0 Å². The van der Waals surface area contributed by atoms with Crippen LogP contribution >= 0.6 is 15.9 Å². The van der Waals surface area contributed by atoms with E-state index in [4.69, 9.17) is 0 Å². The SMILES string of the molecule is Fc1c(F)c(F)c(OCCCBr)c(F)c1F. The molecule has 0 bridgehead atoms. The van der Waals surface area contributed by atoms with Gasteiger partial charge >= 0.3 is 0 Å². The Morgan fingerprint density at radius 3 is 1.69 bits per heavy atom. The fourth-order valence-corrected chi connectivity index (χ4v) is 1.17. The number of hydrogen-bond donors (Lipinski definition) is 0. The number of rotatable bonds is 4. The number of ether oxygens (including phenoxy) is 1. The summed E-state index contributed by atoms with van der Waals surface area (Å²) in [7, 11) is 0. The number of hydrogen-bond acceptors (Lipinski definition) is 1. The average Bonchev–Trinajstić information content (AvgIpc) is 2.28. The van der Waals surface area contributed by atoms with Crippen LogP contribution in [0.15, 0.2) is 0 Å². The molecule has 1 nitrogen and oxygen atoms in total. The van der Waals surface area contributed by atoms with Gasteiger partial charge in [0.25, 0.3) is 0 Å². The summed E-state index contributed by atoms with van der Waals surface area (Å²) >= 11 is 3.02. The summed E-state index contributed by atoms with van der Waals surface area (Å²) in [5.41, 5.74) is 0. The standard InChI is InChI=1S/C9H6BrF5O/c10-2-1-3-16-9-7(14)5(12)4(11)6(13)8(9)15/h1-3H2. The van der Waals surface area contributed by atoms with E-state index in [2.05, 4.69) is 20.7 Å². The zero-order valence-corrected chi connectivity index (χ0v) is 9.38. The van der Waals surface area contributed by atoms with Crippen LogP contribution in [0.4, 0.5) is 22.0 Å². The van der Waals surface area contributed by atoms with Crippen molar-refractivity contribution in [3.05, 3.63) is 29.1 Å². The van der Waals surface area contributed by atoms with Crippen LogP contribution in [0.2, 0.25) is 0 Å². The molecular formula is C9H6BrF5O. The molecule has 0 amide bonds. The maximum atomic E-state index is 13.0. The maximum Gasteiger partial charge on any atom is 0.206 e. The Balaban J connectivity index is 3.08. The lowest BCUT2D eigenvalue weighted by molar-refractivity contribution is 0.263. The molecule has 0 saturated carbocycles. The lowest BCUT2D eigenvalue weighted by atomic mass is 10.2. The predicted octanol–water partition coefficient (Wildman–Crippen LogP) is 3.55. The first-order valence-electron chi connectivity index (χ1n) is 4.20. The number of benzene rings is 1. The number of alkyl halides is 1. The first-order chi connectivity index (χ1) is 7.50. The van der Waals surface area contributed by atoms with Crippen LogP contribution < -0.4 is 4.74 Å². The van der Waals surface area contributed by atoms with Crippen LogP contribution in [0.1, 0.15) is 6.42 Å². The Morgan fingerprint density at radius 2 is 1.25 bits per heavy atom. The van der Waals surface area contributed by atoms with Crippen LogP contribution in [0.25, 0.3) is 0 Å². The zero-order chi connectivity index (χ0) is 12.3. The highest BCUT2D eigenvalue weighted by molar-refractivity contribution is 9.09. The van der Waals surface area contributed by atoms with E-state index in [0.29, 0.717) is 11.8 Å². The molecule has 1 aromatic rings. The Morgan fingerprint density at radius 1 is 0.812 bits per heavy atom. The molecule has 0 heterocycles. The summed E-state index contributed by atoms with van der Waals surface area (Å²) < 4.78 is 68.4. The zero-order valence-electron chi connectivity index (χ0n) is 7.80. The summed E-state index contributed by atoms with van der Waals surface area (Å²) in [5, 5.41) is 0.488. The maximum absolute atomic E-state index is 13.0. The smallest absolute Gasteiger partial charge is 0.206 e. The highest BCUT2D eigenvalue weighted by atomic mass is 79.9. The normalized spacial score (nSPS) is 10.6. The van der Waals surface area contributed by atoms with Crippen LogP contribution in [0.3, 0.4) is 0 Å². The molecule has 90 valence electrons. The van der Waals surface area contributed by atoms with Gasteiger partial charge in [-0.15, -0.1) is 0 Å². The van der Waals surface area contributed by atoms with Gasteiger partial charge in [-0.3, -0.25) is 0 Å². The van der Waals surface area contributed by atoms with Crippen molar-refractivity contribution in [1.82, 2.24) is 0 Å². The minimum Gasteiger partial charge on any atom is -0.487 e. The van der Waals surface area contributed by atoms with Crippen LogP contribution in [-0.4, -0.2) is 11.9 Å². The summed E-state index contributed by atoms with van der Waals surface area (Å²) in [6.45, 7) is -0.149. The van der Waals surface area contributed by atoms with Crippen molar-refractivity contribution in [2.45, 2.75) is 6.42 Å². The van der Waals surface area contributed by atoms with Gasteiger partial charge in [-0.2, -0.15) is 8.78 Å². The fraction of sp³-hybridized carbons (Fsp3) is 0.333. The van der Waals surface area contributed by atoms with Crippen LogP contribution in [0, 0.1) is 29.1 Å². The van der Waals surface area contributed by atoms with Gasteiger partial charge in [0, 0.05) is 5.33 Å². The van der Waals surface area contributed by atoms with Gasteiger partial charge in [-0.25, -0.2) is 13.2 Å². The van der Waals surface area contributed by atoms with Crippen molar-refractivity contribution in [3.8, 4) is 5.75 Å². The minimum atomic E-state index is -2.19. The molecular weight excluding hydrogens is 299 g/mol. The second-order valence-electron chi connectivity index (χ2n) is 2.79. The largest absolute Gasteiger partial charge is 0.487 e. The Kier molecular flexibility index (Phi) is 4.52. The third-order valence-electron chi connectivity index (χ3n) is 1.69. The summed E-state index contributed by atoms with van der Waals surface area (Å²) in [4.78, 5) is 0. The Bertz CT molecular complexity index is 367. The van der Waals surface area contributed by atoms with Gasteiger partial charge in [-0.05, 0) is 6.42 Å². The van der Waals surface area contributed by atoms with E-state index in [1.807, 2.05) is 0 Å². The van der Waals surface area contributed by atoms with E-state index in [-0.39, 0.29) is 6.61 Å². The molecule has 0 fully saturated rings. The quantitative estimate of drug-likeness (QED) is 0.272. The molecule has 0 N–H and O–H groups in total. The molecule has 0 spiro atoms. The molecule has 16 heavy (non-hydrogen) atoms. The highest BCUT2D eigenvalue weighted by Crippen LogP contribution is 2.29. The van der Waals surface area contributed by atoms with Crippen molar-refractivity contribution < 1.29 is 26.7 Å². The van der Waals surface area contributed by atoms with E-state index in [1.165, 1.54) is 0 Å². The Labute approximate surface area is 96.3 Å². The lowest BCUT2D eigenvalue weighted by Gasteiger charge is -2.09. The van der Waals surface area contributed by atoms with Gasteiger partial charge in [0.2, 0.25) is 29.1 Å². The van der Waals surface area contributed by atoms with Crippen molar-refractivity contribution in [2.75, 3.05) is 11.9 Å². The first kappa shape index (κ1) is 13.2. The lowest BCUT2D eigenvalue weighted by Crippen LogP contribution is -2.08. The first-order valence-corrected chi connectivity index (χ1v) is 5.33. The molecule has 1 aromatic carbocycles. The summed E-state index contributed by atoms with van der Waals surface area (Å²) in [6, 6.07) is 0. The molecule has 0 aliphatic carbocycles. The van der Waals surface area contributed by atoms with Gasteiger partial charge in [0.1, 0.15) is 0 Å². The molecule has 0 atom stereocenters. The van der Waals surface area contributed by atoms with Crippen LogP contribution in [-0.2, 0) is 0 Å². The summed E-state index contributed by atoms with van der Waals surface area (Å²) in [5.74, 6) is -11.3. The second kappa shape index (κ2) is 5.47. The van der Waals surface area contributed by atoms with Crippen molar-refractivity contribution >= 4 is 15.9 Å². The summed E-state index contributed by atoms with van der Waals surface area (Å²) in [6.07, 6.45) is 0.374. The average molecular weight is 305 g/mol. The third-order valence-corrected chi connectivity index (χ3v) is 2.25. The molecule has 0 aromatic heterocycles. The molecule has 0 radical (unpaired) electrons. The van der Waals surface area contributed by atoms with E-state index in [0.717, 1.165) is 0 Å². The van der Waals surface area contributed by atoms with Crippen LogP contribution in [0.5, 0.6) is 5.75 Å². The van der Waals surface area contributed by atoms with Gasteiger partial charge < -0.3 is 4.74 Å². The van der Waals surface area contributed by atoms with Gasteiger partial charge in [0.05, 0.1) is 6.61 Å². The molecule has 1 rings (SSSR count). The van der Waals surface area contributed by atoms with E-state index in [1.54, 1.807) is 0 Å². The molecule has 0 aliphatic heterocycles. The van der Waals surface area contributed by atoms with E-state index in [9.17, 15) is 22.0 Å². The molecule has 0 unspecified atom stereocenters. The van der Waals surface area contributed by atoms with E-state index < -0.39 is 34.8 Å². The highest BCUT2D eigenvalue weighted by Gasteiger charge is 2.26. The minimum absolute atomic E-state index is 0.149. The monoisotopic (exact) mass is 304 g/mol. The molecule has 7 heteroatoms. The predicted molar refractivity (Wildman–Crippen MR) is 50.1 cm³/mol. The third kappa shape index (κ3) is 2.45. The topological polar surface area (TPSA) is 9.23 Å². The Hall–Kier alpha value is -0.850. The molecule has 0 saturated heterocycles. The van der Waals surface area contributed by atoms with Gasteiger partial charge in [0.15, 0.2) is 5.75 Å². The van der Waals surface area contributed by atoms with Crippen molar-refractivity contribution in [2.24, 2.45) is 0 Å². The molecule has 0 aliphatic rings. The van der Waals surface area contributed by atoms with Crippen molar-refractivity contribution in [3.63, 3.8) is 0 Å². The fourth-order valence-electron chi connectivity index (χ4n) is 0.940. The number of halogens is 6. The van der Waals surface area contributed by atoms with Gasteiger partial charge in [-0.1, -0.05) is 15.9 Å².